The molecule has 0 aliphatic heterocycles. The van der Waals surface area contributed by atoms with Crippen LogP contribution in [0.4, 0.5) is 0 Å². The molecule has 1 unspecified atom stereocenters. The van der Waals surface area contributed by atoms with Crippen LogP contribution in [-0.2, 0) is 9.53 Å². The normalized spacial score (nSPS) is 11.6. The third-order valence-electron chi connectivity index (χ3n) is 2.70. The van der Waals surface area contributed by atoms with Gasteiger partial charge in [0.1, 0.15) is 17.5 Å². The Hall–Kier alpha value is -2.01. The molecule has 5 heteroatoms. The molecule has 0 radical (unpaired) electrons. The van der Waals surface area contributed by atoms with Crippen LogP contribution in [-0.4, -0.2) is 33.3 Å². The van der Waals surface area contributed by atoms with Crippen molar-refractivity contribution >= 4 is 5.97 Å². The van der Waals surface area contributed by atoms with E-state index in [2.05, 4.69) is 11.9 Å². The molecule has 0 saturated carbocycles. The number of carbonyl (C=O) groups is 1. The molecule has 110 valence electrons. The summed E-state index contributed by atoms with van der Waals surface area (Å²) in [5, 5.41) is 3.07. The van der Waals surface area contributed by atoms with Crippen LogP contribution in [0.5, 0.6) is 11.5 Å². The summed E-state index contributed by atoms with van der Waals surface area (Å²) in [5.41, 5.74) is 0.724. The highest BCUT2D eigenvalue weighted by atomic mass is 16.5. The lowest BCUT2D eigenvalue weighted by molar-refractivity contribution is -0.145. The van der Waals surface area contributed by atoms with E-state index >= 15 is 0 Å². The maximum atomic E-state index is 12.0. The summed E-state index contributed by atoms with van der Waals surface area (Å²) in [5.74, 6) is 0.896. The van der Waals surface area contributed by atoms with Crippen molar-refractivity contribution in [3.8, 4) is 11.5 Å². The Balaban J connectivity index is 3.10. The first-order valence-electron chi connectivity index (χ1n) is 6.40. The van der Waals surface area contributed by atoms with Gasteiger partial charge in [-0.25, -0.2) is 4.79 Å². The van der Waals surface area contributed by atoms with E-state index in [4.69, 9.17) is 14.2 Å². The number of ether oxygens (including phenoxy) is 3. The third-order valence-corrected chi connectivity index (χ3v) is 2.70. The van der Waals surface area contributed by atoms with Crippen molar-refractivity contribution in [2.24, 2.45) is 0 Å². The lowest BCUT2D eigenvalue weighted by Gasteiger charge is -2.18. The van der Waals surface area contributed by atoms with Gasteiger partial charge in [-0.3, -0.25) is 5.32 Å². The number of hydrogen-bond donors (Lipinski definition) is 1. The van der Waals surface area contributed by atoms with E-state index in [1.54, 1.807) is 45.4 Å². The zero-order valence-corrected chi connectivity index (χ0v) is 12.1. The van der Waals surface area contributed by atoms with Gasteiger partial charge >= 0.3 is 5.97 Å². The molecule has 1 aromatic rings. The second-order valence-electron chi connectivity index (χ2n) is 4.03. The first-order chi connectivity index (χ1) is 9.65. The quantitative estimate of drug-likeness (QED) is 0.583. The molecule has 0 spiro atoms. The molecule has 1 rings (SSSR count). The number of rotatable bonds is 8. The van der Waals surface area contributed by atoms with E-state index in [0.717, 1.165) is 5.56 Å². The van der Waals surface area contributed by atoms with Gasteiger partial charge in [0, 0.05) is 12.6 Å². The fraction of sp³-hybridized carbons (Fsp3) is 0.400. The Kier molecular flexibility index (Phi) is 6.59. The van der Waals surface area contributed by atoms with Crippen LogP contribution < -0.4 is 14.8 Å². The minimum atomic E-state index is -0.586. The summed E-state index contributed by atoms with van der Waals surface area (Å²) in [6.45, 7) is 6.22. The molecular formula is C15H21NO4. The first-order valence-corrected chi connectivity index (χ1v) is 6.40. The van der Waals surface area contributed by atoms with Gasteiger partial charge in [-0.15, -0.1) is 6.58 Å². The average molecular weight is 279 g/mol. The van der Waals surface area contributed by atoms with Gasteiger partial charge < -0.3 is 14.2 Å². The summed E-state index contributed by atoms with van der Waals surface area (Å²) in [6, 6.07) is 4.72. The molecule has 0 aliphatic rings. The maximum Gasteiger partial charge on any atom is 0.327 e. The van der Waals surface area contributed by atoms with Crippen LogP contribution in [0.1, 0.15) is 18.5 Å². The van der Waals surface area contributed by atoms with Crippen LogP contribution in [0.25, 0.3) is 0 Å². The number of hydrogen-bond acceptors (Lipinski definition) is 5. The van der Waals surface area contributed by atoms with Crippen molar-refractivity contribution in [3.05, 3.63) is 36.4 Å². The average Bonchev–Trinajstić information content (AvgIpc) is 2.47. The molecule has 5 nitrogen and oxygen atoms in total. The molecule has 1 N–H and O–H groups in total. The number of nitrogens with one attached hydrogen (secondary N) is 1. The summed E-state index contributed by atoms with van der Waals surface area (Å²) in [7, 11) is 3.13. The van der Waals surface area contributed by atoms with E-state index in [1.807, 2.05) is 0 Å². The van der Waals surface area contributed by atoms with Crippen molar-refractivity contribution in [2.75, 3.05) is 27.4 Å². The minimum absolute atomic E-state index is 0.326. The van der Waals surface area contributed by atoms with E-state index in [0.29, 0.717) is 24.7 Å². The highest BCUT2D eigenvalue weighted by Crippen LogP contribution is 2.27. The van der Waals surface area contributed by atoms with Gasteiger partial charge in [0.15, 0.2) is 0 Å². The van der Waals surface area contributed by atoms with Crippen LogP contribution in [0, 0.1) is 0 Å². The molecule has 0 fully saturated rings. The minimum Gasteiger partial charge on any atom is -0.497 e. The summed E-state index contributed by atoms with van der Waals surface area (Å²) < 4.78 is 15.5. The van der Waals surface area contributed by atoms with Gasteiger partial charge in [-0.05, 0) is 24.6 Å². The van der Waals surface area contributed by atoms with Gasteiger partial charge in [-0.1, -0.05) is 6.08 Å². The Morgan fingerprint density at radius 3 is 2.35 bits per heavy atom. The van der Waals surface area contributed by atoms with Crippen molar-refractivity contribution in [2.45, 2.75) is 13.0 Å². The predicted molar refractivity (Wildman–Crippen MR) is 77.1 cm³/mol. The monoisotopic (exact) mass is 279 g/mol. The molecule has 0 heterocycles. The smallest absolute Gasteiger partial charge is 0.327 e. The van der Waals surface area contributed by atoms with Crippen LogP contribution in [0.2, 0.25) is 0 Å². The molecule has 0 aliphatic carbocycles. The summed E-state index contributed by atoms with van der Waals surface area (Å²) in [6.07, 6.45) is 1.68. The predicted octanol–water partition coefficient (Wildman–Crippen LogP) is 2.08. The van der Waals surface area contributed by atoms with E-state index < -0.39 is 6.04 Å². The fourth-order valence-electron chi connectivity index (χ4n) is 1.76. The van der Waals surface area contributed by atoms with E-state index in [1.165, 1.54) is 0 Å². The first kappa shape index (κ1) is 16.0. The Morgan fingerprint density at radius 1 is 1.30 bits per heavy atom. The lowest BCUT2D eigenvalue weighted by Crippen LogP contribution is -2.30. The van der Waals surface area contributed by atoms with E-state index in [-0.39, 0.29) is 5.97 Å². The SMILES string of the molecule is C=CCNC(C(=O)OCC)c1cc(OC)cc(OC)c1. The fourth-order valence-corrected chi connectivity index (χ4v) is 1.76. The van der Waals surface area contributed by atoms with Gasteiger partial charge in [0.25, 0.3) is 0 Å². The summed E-state index contributed by atoms with van der Waals surface area (Å²) >= 11 is 0. The highest BCUT2D eigenvalue weighted by molar-refractivity contribution is 5.78. The zero-order valence-electron chi connectivity index (χ0n) is 12.1. The van der Waals surface area contributed by atoms with Crippen molar-refractivity contribution in [3.63, 3.8) is 0 Å². The largest absolute Gasteiger partial charge is 0.497 e. The standard InChI is InChI=1S/C15H21NO4/c1-5-7-16-14(15(17)20-6-2)11-8-12(18-3)10-13(9-11)19-4/h5,8-10,14,16H,1,6-7H2,2-4H3. The van der Waals surface area contributed by atoms with Gasteiger partial charge in [0.2, 0.25) is 0 Å². The van der Waals surface area contributed by atoms with E-state index in [9.17, 15) is 4.79 Å². The molecule has 0 amide bonds. The lowest BCUT2D eigenvalue weighted by atomic mass is 10.1. The Bertz CT molecular complexity index is 437. The Labute approximate surface area is 119 Å². The summed E-state index contributed by atoms with van der Waals surface area (Å²) in [4.78, 5) is 12.0. The van der Waals surface area contributed by atoms with Crippen LogP contribution in [0.3, 0.4) is 0 Å². The number of carbonyl (C=O) groups excluding carboxylic acids is 1. The topological polar surface area (TPSA) is 56.8 Å². The van der Waals surface area contributed by atoms with Crippen LogP contribution >= 0.6 is 0 Å². The molecule has 1 atom stereocenters. The molecular weight excluding hydrogens is 258 g/mol. The van der Waals surface area contributed by atoms with Crippen molar-refractivity contribution in [1.82, 2.24) is 5.32 Å². The molecule has 0 bridgehead atoms. The third kappa shape index (κ3) is 4.28. The highest BCUT2D eigenvalue weighted by Gasteiger charge is 2.22. The number of methoxy groups -OCH3 is 2. The maximum absolute atomic E-state index is 12.0. The van der Waals surface area contributed by atoms with Gasteiger partial charge in [0.05, 0.1) is 20.8 Å². The zero-order chi connectivity index (χ0) is 15.0. The molecule has 1 aromatic carbocycles. The second kappa shape index (κ2) is 8.22. The number of benzene rings is 1. The number of esters is 1. The van der Waals surface area contributed by atoms with Gasteiger partial charge in [-0.2, -0.15) is 0 Å². The molecule has 0 aromatic heterocycles. The molecule has 20 heavy (non-hydrogen) atoms. The molecule has 0 saturated heterocycles. The Morgan fingerprint density at radius 2 is 1.90 bits per heavy atom. The second-order valence-corrected chi connectivity index (χ2v) is 4.03. The van der Waals surface area contributed by atoms with Crippen LogP contribution in [0.15, 0.2) is 30.9 Å². The van der Waals surface area contributed by atoms with Crippen molar-refractivity contribution < 1.29 is 19.0 Å². The van der Waals surface area contributed by atoms with Crippen molar-refractivity contribution in [1.29, 1.82) is 0 Å².